The molecule has 1 atom stereocenters. The maximum atomic E-state index is 5.93. The molecule has 0 bridgehead atoms. The average molecular weight is 423 g/mol. The van der Waals surface area contributed by atoms with Gasteiger partial charge in [-0.25, -0.2) is 9.97 Å². The van der Waals surface area contributed by atoms with Crippen LogP contribution in [0.15, 0.2) is 54.7 Å². The summed E-state index contributed by atoms with van der Waals surface area (Å²) >= 11 is 5.93. The fourth-order valence-corrected chi connectivity index (χ4v) is 3.94. The molecular weight excluding hydrogens is 396 g/mol. The predicted molar refractivity (Wildman–Crippen MR) is 123 cm³/mol. The first-order chi connectivity index (χ1) is 14.6. The molecule has 0 aliphatic carbocycles. The Labute approximate surface area is 183 Å². The summed E-state index contributed by atoms with van der Waals surface area (Å²) in [5.74, 6) is 3.44. The van der Waals surface area contributed by atoms with E-state index in [4.69, 9.17) is 21.3 Å². The van der Waals surface area contributed by atoms with Crippen molar-refractivity contribution >= 4 is 23.1 Å². The first-order valence-corrected chi connectivity index (χ1v) is 10.9. The van der Waals surface area contributed by atoms with Crippen LogP contribution in [0.4, 0.5) is 11.5 Å². The molecule has 6 heteroatoms. The molecule has 2 heterocycles. The van der Waals surface area contributed by atoms with E-state index in [-0.39, 0.29) is 6.04 Å². The van der Waals surface area contributed by atoms with Crippen molar-refractivity contribution < 1.29 is 4.74 Å². The van der Waals surface area contributed by atoms with E-state index < -0.39 is 0 Å². The highest BCUT2D eigenvalue weighted by atomic mass is 35.5. The Bertz CT molecular complexity index is 976. The second kappa shape index (κ2) is 9.35. The number of anilines is 2. The Morgan fingerprint density at radius 3 is 2.50 bits per heavy atom. The van der Waals surface area contributed by atoms with Crippen molar-refractivity contribution in [1.82, 2.24) is 9.97 Å². The number of benzene rings is 2. The number of rotatable bonds is 6. The van der Waals surface area contributed by atoms with Gasteiger partial charge in [-0.1, -0.05) is 18.5 Å². The Hall–Kier alpha value is -2.79. The van der Waals surface area contributed by atoms with Gasteiger partial charge in [0, 0.05) is 35.6 Å². The van der Waals surface area contributed by atoms with Gasteiger partial charge < -0.3 is 15.0 Å². The lowest BCUT2D eigenvalue weighted by atomic mass is 10.0. The molecule has 1 aliphatic heterocycles. The maximum Gasteiger partial charge on any atom is 0.137 e. The van der Waals surface area contributed by atoms with Crippen LogP contribution in [-0.4, -0.2) is 23.1 Å². The van der Waals surface area contributed by atoms with Gasteiger partial charge in [0.05, 0.1) is 6.04 Å². The molecule has 0 saturated carbocycles. The summed E-state index contributed by atoms with van der Waals surface area (Å²) in [6, 6.07) is 15.6. The van der Waals surface area contributed by atoms with Crippen LogP contribution in [-0.2, 0) is 0 Å². The number of nitrogens with one attached hydrogen (secondary N) is 1. The van der Waals surface area contributed by atoms with Crippen molar-refractivity contribution in [2.24, 2.45) is 0 Å². The fourth-order valence-electron chi connectivity index (χ4n) is 3.81. The number of fused-ring (bicyclic) bond motifs is 1. The monoisotopic (exact) mass is 422 g/mol. The zero-order valence-electron chi connectivity index (χ0n) is 17.4. The number of nitrogens with zero attached hydrogens (tertiary/aromatic N) is 3. The lowest BCUT2D eigenvalue weighted by Gasteiger charge is -2.24. The van der Waals surface area contributed by atoms with E-state index in [0.29, 0.717) is 5.02 Å². The Morgan fingerprint density at radius 2 is 1.80 bits per heavy atom. The van der Waals surface area contributed by atoms with E-state index in [9.17, 15) is 0 Å². The molecule has 1 aromatic heterocycles. The van der Waals surface area contributed by atoms with Crippen LogP contribution < -0.4 is 15.0 Å². The van der Waals surface area contributed by atoms with Gasteiger partial charge in [0.2, 0.25) is 0 Å². The van der Waals surface area contributed by atoms with Crippen LogP contribution in [0.2, 0.25) is 5.02 Å². The van der Waals surface area contributed by atoms with Gasteiger partial charge >= 0.3 is 0 Å². The fraction of sp³-hybridized carbons (Fsp3) is 0.333. The number of hydrogen-bond donors (Lipinski definition) is 1. The molecule has 1 N–H and O–H groups in total. The topological polar surface area (TPSA) is 50.3 Å². The third-order valence-electron chi connectivity index (χ3n) is 5.25. The molecule has 0 radical (unpaired) electrons. The maximum absolute atomic E-state index is 5.93. The van der Waals surface area contributed by atoms with E-state index >= 15 is 0 Å². The molecule has 1 unspecified atom stereocenters. The molecule has 156 valence electrons. The molecule has 0 saturated heterocycles. The van der Waals surface area contributed by atoms with Crippen LogP contribution in [0.3, 0.4) is 0 Å². The number of ether oxygens (including phenoxy) is 1. The first kappa shape index (κ1) is 20.5. The van der Waals surface area contributed by atoms with Crippen LogP contribution in [0.5, 0.6) is 11.5 Å². The number of hydrogen-bond acceptors (Lipinski definition) is 5. The van der Waals surface area contributed by atoms with Gasteiger partial charge in [0.1, 0.15) is 23.1 Å². The molecule has 0 fully saturated rings. The van der Waals surface area contributed by atoms with Crippen LogP contribution in [0.25, 0.3) is 0 Å². The highest BCUT2D eigenvalue weighted by Gasteiger charge is 2.24. The molecule has 2 aromatic carbocycles. The minimum atomic E-state index is 0.186. The summed E-state index contributed by atoms with van der Waals surface area (Å²) in [5.41, 5.74) is 2.23. The van der Waals surface area contributed by atoms with Crippen LogP contribution >= 0.6 is 11.6 Å². The third-order valence-corrected chi connectivity index (χ3v) is 5.50. The number of aryl methyl sites for hydroxylation is 1. The van der Waals surface area contributed by atoms with Crippen molar-refractivity contribution in [3.63, 3.8) is 0 Å². The molecule has 5 nitrogen and oxygen atoms in total. The molecule has 4 rings (SSSR count). The van der Waals surface area contributed by atoms with E-state index in [1.807, 2.05) is 49.5 Å². The van der Waals surface area contributed by atoms with Crippen molar-refractivity contribution in [3.8, 4) is 11.5 Å². The lowest BCUT2D eigenvalue weighted by molar-refractivity contribution is 0.483. The van der Waals surface area contributed by atoms with Gasteiger partial charge in [-0.05, 0) is 74.7 Å². The summed E-state index contributed by atoms with van der Waals surface area (Å²) in [6.07, 6.45) is 5.25. The van der Waals surface area contributed by atoms with Gasteiger partial charge in [-0.2, -0.15) is 0 Å². The SMILES string of the molecule is CCCN1CCCC(Nc2ccc(Oc3ccc(Cl)cc3)cc2)c2cnc(C)nc21. The summed E-state index contributed by atoms with van der Waals surface area (Å²) in [5, 5.41) is 4.37. The van der Waals surface area contributed by atoms with Crippen LogP contribution in [0.1, 0.15) is 43.6 Å². The first-order valence-electron chi connectivity index (χ1n) is 10.5. The van der Waals surface area contributed by atoms with E-state index in [1.165, 1.54) is 5.56 Å². The van der Waals surface area contributed by atoms with Gasteiger partial charge in [0.15, 0.2) is 0 Å². The average Bonchev–Trinajstić information content (AvgIpc) is 2.91. The highest BCUT2D eigenvalue weighted by Crippen LogP contribution is 2.34. The second-order valence-corrected chi connectivity index (χ2v) is 8.04. The summed E-state index contributed by atoms with van der Waals surface area (Å²) in [4.78, 5) is 11.7. The van der Waals surface area contributed by atoms with Gasteiger partial charge in [-0.3, -0.25) is 0 Å². The van der Waals surface area contributed by atoms with E-state index in [2.05, 4.69) is 34.3 Å². The number of halogens is 1. The largest absolute Gasteiger partial charge is 0.457 e. The Kier molecular flexibility index (Phi) is 6.38. The van der Waals surface area contributed by atoms with E-state index in [1.54, 1.807) is 0 Å². The molecule has 1 aliphatic rings. The van der Waals surface area contributed by atoms with Crippen LogP contribution in [0, 0.1) is 6.92 Å². The molecule has 30 heavy (non-hydrogen) atoms. The quantitative estimate of drug-likeness (QED) is 0.498. The van der Waals surface area contributed by atoms with E-state index in [0.717, 1.165) is 61.2 Å². The number of aromatic nitrogens is 2. The predicted octanol–water partition coefficient (Wildman–Crippen LogP) is 6.39. The zero-order valence-corrected chi connectivity index (χ0v) is 18.2. The van der Waals surface area contributed by atoms with Gasteiger partial charge in [0.25, 0.3) is 0 Å². The summed E-state index contributed by atoms with van der Waals surface area (Å²) in [6.45, 7) is 6.22. The minimum Gasteiger partial charge on any atom is -0.457 e. The smallest absolute Gasteiger partial charge is 0.137 e. The van der Waals surface area contributed by atoms with Crippen molar-refractivity contribution in [2.45, 2.75) is 39.2 Å². The summed E-state index contributed by atoms with van der Waals surface area (Å²) < 4.78 is 5.90. The summed E-state index contributed by atoms with van der Waals surface area (Å²) in [7, 11) is 0. The molecule has 0 spiro atoms. The van der Waals surface area contributed by atoms with Crippen molar-refractivity contribution in [2.75, 3.05) is 23.3 Å². The zero-order chi connectivity index (χ0) is 20.9. The highest BCUT2D eigenvalue weighted by molar-refractivity contribution is 6.30. The minimum absolute atomic E-state index is 0.186. The second-order valence-electron chi connectivity index (χ2n) is 7.60. The lowest BCUT2D eigenvalue weighted by Crippen LogP contribution is -2.26. The molecule has 3 aromatic rings. The Balaban J connectivity index is 1.50. The van der Waals surface area contributed by atoms with Crippen molar-refractivity contribution in [3.05, 3.63) is 71.1 Å². The standard InChI is InChI=1S/C24H27ClN4O/c1-3-14-29-15-4-5-23(22-16-26-17(2)27-24(22)29)28-19-8-12-21(13-9-19)30-20-10-6-18(25)7-11-20/h6-13,16,23,28H,3-5,14-15H2,1-2H3. The Morgan fingerprint density at radius 1 is 1.10 bits per heavy atom. The molecular formula is C24H27ClN4O. The van der Waals surface area contributed by atoms with Gasteiger partial charge in [-0.15, -0.1) is 0 Å². The normalized spacial score (nSPS) is 16.0. The molecule has 0 amide bonds. The third kappa shape index (κ3) is 4.85. The van der Waals surface area contributed by atoms with Crippen molar-refractivity contribution in [1.29, 1.82) is 0 Å².